The van der Waals surface area contributed by atoms with Gasteiger partial charge in [-0.3, -0.25) is 15.1 Å². The van der Waals surface area contributed by atoms with Crippen molar-refractivity contribution in [1.29, 1.82) is 0 Å². The third-order valence-corrected chi connectivity index (χ3v) is 9.01. The smallest absolute Gasteiger partial charge is 0.387 e. The predicted molar refractivity (Wildman–Crippen MR) is 151 cm³/mol. The first-order valence-corrected chi connectivity index (χ1v) is 14.2. The van der Waals surface area contributed by atoms with E-state index >= 15 is 0 Å². The molecule has 0 aliphatic heterocycles. The van der Waals surface area contributed by atoms with E-state index < -0.39 is 32.8 Å². The van der Waals surface area contributed by atoms with E-state index in [1.807, 2.05) is 32.9 Å². The van der Waals surface area contributed by atoms with E-state index in [1.54, 1.807) is 30.5 Å². The molecule has 39 heavy (non-hydrogen) atoms. The first-order valence-electron chi connectivity index (χ1n) is 12.3. The van der Waals surface area contributed by atoms with Crippen molar-refractivity contribution in [3.8, 4) is 16.9 Å². The van der Waals surface area contributed by atoms with Crippen LogP contribution < -0.4 is 14.8 Å². The molecule has 0 amide bonds. The van der Waals surface area contributed by atoms with Gasteiger partial charge >= 0.3 is 6.61 Å². The van der Waals surface area contributed by atoms with Crippen LogP contribution in [-0.4, -0.2) is 25.5 Å². The monoisotopic (exact) mass is 622 g/mol. The summed E-state index contributed by atoms with van der Waals surface area (Å²) in [6, 6.07) is 13.1. The van der Waals surface area contributed by atoms with Crippen LogP contribution in [0.5, 0.6) is 5.75 Å². The van der Waals surface area contributed by atoms with Crippen LogP contribution in [0.15, 0.2) is 59.2 Å². The Kier molecular flexibility index (Phi) is 8.67. The van der Waals surface area contributed by atoms with Crippen molar-refractivity contribution < 1.29 is 22.6 Å². The van der Waals surface area contributed by atoms with Gasteiger partial charge in [0.1, 0.15) is 11.4 Å². The van der Waals surface area contributed by atoms with Gasteiger partial charge in [0.05, 0.1) is 31.9 Å². The number of nitro benzene ring substituents is 1. The molecule has 4 rings (SSSR count). The number of rotatable bonds is 10. The Bertz CT molecular complexity index is 1380. The molecule has 2 aromatic carbocycles. The van der Waals surface area contributed by atoms with Crippen LogP contribution in [-0.2, 0) is 23.1 Å². The van der Waals surface area contributed by atoms with E-state index in [9.17, 15) is 23.1 Å². The number of pyridine rings is 1. The Balaban J connectivity index is 1.59. The second kappa shape index (κ2) is 11.6. The molecule has 0 spiro atoms. The molecule has 1 saturated carbocycles. The van der Waals surface area contributed by atoms with Crippen LogP contribution in [0, 0.1) is 10.1 Å². The number of benzene rings is 2. The van der Waals surface area contributed by atoms with Crippen LogP contribution in [0.4, 0.5) is 20.2 Å². The molecule has 12 heteroatoms. The number of hydrogen-bond acceptors (Lipinski definition) is 6. The first-order chi connectivity index (χ1) is 18.4. The summed E-state index contributed by atoms with van der Waals surface area (Å²) in [7, 11) is -1.25. The zero-order valence-electron chi connectivity index (χ0n) is 21.7. The first kappa shape index (κ1) is 29.0. The lowest BCUT2D eigenvalue weighted by Crippen LogP contribution is -2.52. The minimum Gasteiger partial charge on any atom is -0.434 e. The van der Waals surface area contributed by atoms with E-state index in [1.165, 1.54) is 12.1 Å². The predicted octanol–water partition coefficient (Wildman–Crippen LogP) is 7.06. The summed E-state index contributed by atoms with van der Waals surface area (Å²) < 4.78 is 46.6. The highest BCUT2D eigenvalue weighted by Crippen LogP contribution is 2.42. The number of anilines is 1. The van der Waals surface area contributed by atoms with E-state index in [4.69, 9.17) is 0 Å². The van der Waals surface area contributed by atoms with Crippen molar-refractivity contribution in [3.05, 3.63) is 80.6 Å². The third-order valence-electron chi connectivity index (χ3n) is 6.58. The van der Waals surface area contributed by atoms with Gasteiger partial charge in [-0.05, 0) is 75.9 Å². The topological polar surface area (TPSA) is 106 Å². The summed E-state index contributed by atoms with van der Waals surface area (Å²) >= 11 is 3.34. The number of halogens is 3. The van der Waals surface area contributed by atoms with Crippen molar-refractivity contribution >= 4 is 38.3 Å². The van der Waals surface area contributed by atoms with Gasteiger partial charge in [-0.2, -0.15) is 8.78 Å². The number of hydrogen-bond donors (Lipinski definition) is 2. The second-order valence-electron chi connectivity index (χ2n) is 10.3. The largest absolute Gasteiger partial charge is 0.434 e. The molecule has 1 aliphatic rings. The van der Waals surface area contributed by atoms with Crippen LogP contribution in [0.3, 0.4) is 0 Å². The maximum Gasteiger partial charge on any atom is 0.387 e. The average molecular weight is 624 g/mol. The van der Waals surface area contributed by atoms with E-state index in [2.05, 4.69) is 35.7 Å². The van der Waals surface area contributed by atoms with Crippen LogP contribution in [0.2, 0.25) is 0 Å². The Hall–Kier alpha value is -2.96. The molecule has 2 N–H and O–H groups in total. The minimum absolute atomic E-state index is 0.00403. The summed E-state index contributed by atoms with van der Waals surface area (Å²) in [4.78, 5) is 15.9. The normalized spacial score (nSPS) is 15.5. The van der Waals surface area contributed by atoms with Crippen molar-refractivity contribution in [2.24, 2.45) is 0 Å². The Morgan fingerprint density at radius 2 is 1.90 bits per heavy atom. The maximum atomic E-state index is 12.9. The summed E-state index contributed by atoms with van der Waals surface area (Å²) in [5.41, 5.74) is 2.25. The molecule has 3 aromatic rings. The number of nitrogens with one attached hydrogen (secondary N) is 2. The fraction of sp³-hybridized carbons (Fsp3) is 0.370. The summed E-state index contributed by atoms with van der Waals surface area (Å²) in [6.07, 6.45) is 4.37. The van der Waals surface area contributed by atoms with Crippen LogP contribution in [0.25, 0.3) is 11.1 Å². The highest BCUT2D eigenvalue weighted by molar-refractivity contribution is 9.10. The molecule has 8 nitrogen and oxygen atoms in total. The van der Waals surface area contributed by atoms with Gasteiger partial charge in [0, 0.05) is 34.4 Å². The molecule has 1 fully saturated rings. The molecule has 1 heterocycles. The van der Waals surface area contributed by atoms with Gasteiger partial charge in [-0.1, -0.05) is 28.1 Å². The molecular formula is C27H29BrF2N4O4S. The number of alkyl halides is 2. The van der Waals surface area contributed by atoms with Gasteiger partial charge in [0.2, 0.25) is 0 Å². The van der Waals surface area contributed by atoms with Crippen molar-refractivity contribution in [2.45, 2.75) is 63.5 Å². The molecule has 1 aliphatic carbocycles. The van der Waals surface area contributed by atoms with E-state index in [0.29, 0.717) is 15.6 Å². The molecule has 1 aromatic heterocycles. The van der Waals surface area contributed by atoms with Crippen LogP contribution >= 0.6 is 15.9 Å². The van der Waals surface area contributed by atoms with Crippen molar-refractivity contribution in [2.75, 3.05) is 5.32 Å². The van der Waals surface area contributed by atoms with Gasteiger partial charge in [0.15, 0.2) is 0 Å². The number of nitrogens with zero attached hydrogens (tertiary/aromatic N) is 2. The van der Waals surface area contributed by atoms with Gasteiger partial charge in [-0.15, -0.1) is 0 Å². The number of ether oxygens (including phenoxy) is 1. The van der Waals surface area contributed by atoms with Gasteiger partial charge < -0.3 is 10.1 Å². The number of aromatic nitrogens is 1. The SMILES string of the molecule is CC(C)(C)[S@](=O)NC1(c2ccc(-c3ccc([N+](=O)[O-])c(NCc4c(Br)cccc4OC(F)F)c3)cn2)CCC1. The Morgan fingerprint density at radius 1 is 1.18 bits per heavy atom. The molecule has 0 bridgehead atoms. The van der Waals surface area contributed by atoms with Crippen LogP contribution in [0.1, 0.15) is 51.3 Å². The standard InChI is InChI=1S/C27H29BrF2N4O4S/c1-26(2,3)39(37)33-27(12-5-13-27)24-11-9-18(15-32-24)17-8-10-22(34(35)36)21(14-17)31-16-19-20(28)6-4-7-23(19)38-25(29)30/h4,6-11,14-15,25,31,33H,5,12-13,16H2,1-3H3/t39-/m0/s1. The third kappa shape index (κ3) is 6.62. The van der Waals surface area contributed by atoms with E-state index in [-0.39, 0.29) is 23.7 Å². The van der Waals surface area contributed by atoms with E-state index in [0.717, 1.165) is 30.5 Å². The zero-order valence-corrected chi connectivity index (χ0v) is 24.1. The van der Waals surface area contributed by atoms with Crippen molar-refractivity contribution in [3.63, 3.8) is 0 Å². The summed E-state index contributed by atoms with van der Waals surface area (Å²) in [5.74, 6) is -0.0311. The molecule has 0 saturated heterocycles. The fourth-order valence-electron chi connectivity index (χ4n) is 4.24. The maximum absolute atomic E-state index is 12.9. The molecule has 1 atom stereocenters. The van der Waals surface area contributed by atoms with Crippen molar-refractivity contribution in [1.82, 2.24) is 9.71 Å². The van der Waals surface area contributed by atoms with Gasteiger partial charge in [-0.25, -0.2) is 8.93 Å². The van der Waals surface area contributed by atoms with Gasteiger partial charge in [0.25, 0.3) is 5.69 Å². The minimum atomic E-state index is -3.01. The Labute approximate surface area is 236 Å². The second-order valence-corrected chi connectivity index (χ2v) is 13.1. The summed E-state index contributed by atoms with van der Waals surface area (Å²) in [6.45, 7) is 2.76. The molecule has 0 unspecified atom stereocenters. The molecular weight excluding hydrogens is 594 g/mol. The lowest BCUT2D eigenvalue weighted by Gasteiger charge is -2.43. The summed E-state index contributed by atoms with van der Waals surface area (Å²) in [5, 5.41) is 14.7. The lowest BCUT2D eigenvalue weighted by molar-refractivity contribution is -0.384. The zero-order chi connectivity index (χ0) is 28.4. The highest BCUT2D eigenvalue weighted by atomic mass is 79.9. The fourth-order valence-corrected chi connectivity index (χ4v) is 5.69. The molecule has 208 valence electrons. The number of nitro groups is 1. The Morgan fingerprint density at radius 3 is 2.46 bits per heavy atom. The highest BCUT2D eigenvalue weighted by Gasteiger charge is 2.42. The lowest BCUT2D eigenvalue weighted by atomic mass is 9.75. The molecule has 0 radical (unpaired) electrons. The average Bonchev–Trinajstić information content (AvgIpc) is 2.84. The quantitative estimate of drug-likeness (QED) is 0.185.